The second-order valence-electron chi connectivity index (χ2n) is 4.47. The van der Waals surface area contributed by atoms with Crippen molar-refractivity contribution in [2.75, 3.05) is 33.8 Å². The molecule has 0 aromatic heterocycles. The topological polar surface area (TPSA) is 85.6 Å². The number of rotatable bonds is 7. The molecule has 0 aliphatic carbocycles. The van der Waals surface area contributed by atoms with Gasteiger partial charge in [0.15, 0.2) is 0 Å². The zero-order valence-corrected chi connectivity index (χ0v) is 11.7. The van der Waals surface area contributed by atoms with E-state index < -0.39 is 6.10 Å². The van der Waals surface area contributed by atoms with E-state index >= 15 is 0 Å². The van der Waals surface area contributed by atoms with Crippen LogP contribution in [0.1, 0.15) is 5.56 Å². The molecule has 0 saturated carbocycles. The summed E-state index contributed by atoms with van der Waals surface area (Å²) in [5.74, 6) is 0.490. The molecule has 0 aliphatic heterocycles. The maximum absolute atomic E-state index is 11.2. The number of carbonyl (C=O) groups excluding carboxylic acids is 1. The Morgan fingerprint density at radius 2 is 2.15 bits per heavy atom. The van der Waals surface area contributed by atoms with E-state index in [0.717, 1.165) is 0 Å². The summed E-state index contributed by atoms with van der Waals surface area (Å²) >= 11 is 0. The predicted octanol–water partition coefficient (Wildman–Crippen LogP) is -0.0242. The number of likely N-dealkylation sites (N-methyl/N-ethyl adjacent to an activating group) is 2. The Morgan fingerprint density at radius 1 is 1.50 bits per heavy atom. The first-order chi connectivity index (χ1) is 9.55. The minimum Gasteiger partial charge on any atom is -0.491 e. The first kappa shape index (κ1) is 16.0. The molecule has 0 aliphatic rings. The van der Waals surface area contributed by atoms with Gasteiger partial charge in [-0.1, -0.05) is 0 Å². The fourth-order valence-electron chi connectivity index (χ4n) is 1.62. The van der Waals surface area contributed by atoms with Crippen LogP contribution in [0.5, 0.6) is 5.75 Å². The molecule has 1 rings (SSSR count). The van der Waals surface area contributed by atoms with Gasteiger partial charge in [0.1, 0.15) is 18.5 Å². The van der Waals surface area contributed by atoms with Gasteiger partial charge in [-0.05, 0) is 31.3 Å². The summed E-state index contributed by atoms with van der Waals surface area (Å²) in [6.07, 6.45) is -0.694. The van der Waals surface area contributed by atoms with Crippen LogP contribution in [0.15, 0.2) is 24.3 Å². The third-order valence-electron chi connectivity index (χ3n) is 2.64. The Balaban J connectivity index is 2.33. The first-order valence-electron chi connectivity index (χ1n) is 6.25. The maximum atomic E-state index is 11.2. The molecule has 1 atom stereocenters. The summed E-state index contributed by atoms with van der Waals surface area (Å²) in [6.45, 7) is 0.693. The maximum Gasteiger partial charge on any atom is 0.233 e. The monoisotopic (exact) mass is 277 g/mol. The number of carbonyl (C=O) groups is 1. The second kappa shape index (κ2) is 8.15. The van der Waals surface area contributed by atoms with E-state index in [1.807, 2.05) is 6.07 Å². The highest BCUT2D eigenvalue weighted by Crippen LogP contribution is 2.11. The lowest BCUT2D eigenvalue weighted by atomic mass is 10.2. The zero-order valence-electron chi connectivity index (χ0n) is 11.7. The molecule has 2 N–H and O–H groups in total. The number of benzene rings is 1. The van der Waals surface area contributed by atoms with Crippen molar-refractivity contribution >= 4 is 5.91 Å². The number of hydrogen-bond acceptors (Lipinski definition) is 5. The quantitative estimate of drug-likeness (QED) is 0.731. The van der Waals surface area contributed by atoms with E-state index in [0.29, 0.717) is 17.9 Å². The standard InChI is InChI=1S/C14H19N3O3/c1-16-14(19)9-17(2)8-12(18)10-20-13-5-3-11(7-15)4-6-13/h3-6,12,18H,8-10H2,1-2H3,(H,16,19). The Kier molecular flexibility index (Phi) is 6.50. The largest absolute Gasteiger partial charge is 0.491 e. The van der Waals surface area contributed by atoms with E-state index in [4.69, 9.17) is 10.00 Å². The third-order valence-corrected chi connectivity index (χ3v) is 2.64. The van der Waals surface area contributed by atoms with Crippen molar-refractivity contribution in [3.63, 3.8) is 0 Å². The molecule has 0 bridgehead atoms. The number of ether oxygens (including phenoxy) is 1. The highest BCUT2D eigenvalue weighted by molar-refractivity contribution is 5.77. The van der Waals surface area contributed by atoms with Gasteiger partial charge in [-0.2, -0.15) is 5.26 Å². The Hall–Kier alpha value is -2.10. The van der Waals surface area contributed by atoms with Gasteiger partial charge < -0.3 is 15.2 Å². The van der Waals surface area contributed by atoms with Crippen LogP contribution in [0.2, 0.25) is 0 Å². The molecule has 0 radical (unpaired) electrons. The highest BCUT2D eigenvalue weighted by Gasteiger charge is 2.11. The smallest absolute Gasteiger partial charge is 0.233 e. The lowest BCUT2D eigenvalue weighted by molar-refractivity contribution is -0.121. The molecule has 108 valence electrons. The third kappa shape index (κ3) is 5.69. The van der Waals surface area contributed by atoms with E-state index in [1.165, 1.54) is 0 Å². The number of hydrogen-bond donors (Lipinski definition) is 2. The lowest BCUT2D eigenvalue weighted by Gasteiger charge is -2.19. The summed E-state index contributed by atoms with van der Waals surface area (Å²) in [4.78, 5) is 12.9. The average molecular weight is 277 g/mol. The van der Waals surface area contributed by atoms with Gasteiger partial charge in [-0.15, -0.1) is 0 Å². The molecule has 0 spiro atoms. The Labute approximate surface area is 118 Å². The molecule has 20 heavy (non-hydrogen) atoms. The van der Waals surface area contributed by atoms with Gasteiger partial charge in [0.2, 0.25) is 5.91 Å². The van der Waals surface area contributed by atoms with E-state index in [2.05, 4.69) is 5.32 Å². The summed E-state index contributed by atoms with van der Waals surface area (Å²) in [5, 5.41) is 21.0. The minimum atomic E-state index is -0.694. The van der Waals surface area contributed by atoms with Crippen LogP contribution in [0.3, 0.4) is 0 Å². The van der Waals surface area contributed by atoms with Gasteiger partial charge in [-0.3, -0.25) is 9.69 Å². The van der Waals surface area contributed by atoms with Crippen LogP contribution < -0.4 is 10.1 Å². The molecular weight excluding hydrogens is 258 g/mol. The Morgan fingerprint density at radius 3 is 2.70 bits per heavy atom. The average Bonchev–Trinajstić information content (AvgIpc) is 2.45. The molecule has 1 aromatic carbocycles. The Bertz CT molecular complexity index is 468. The van der Waals surface area contributed by atoms with Crippen LogP contribution in [-0.4, -0.2) is 55.8 Å². The number of nitrogens with one attached hydrogen (secondary N) is 1. The molecule has 1 amide bonds. The second-order valence-corrected chi connectivity index (χ2v) is 4.47. The summed E-state index contributed by atoms with van der Waals surface area (Å²) in [5.41, 5.74) is 0.559. The number of aliphatic hydroxyl groups excluding tert-OH is 1. The van der Waals surface area contributed by atoms with Crippen LogP contribution in [0, 0.1) is 11.3 Å². The van der Waals surface area contributed by atoms with Gasteiger partial charge >= 0.3 is 0 Å². The fourth-order valence-corrected chi connectivity index (χ4v) is 1.62. The molecule has 1 aromatic rings. The van der Waals surface area contributed by atoms with Crippen molar-refractivity contribution in [1.29, 1.82) is 5.26 Å². The summed E-state index contributed by atoms with van der Waals surface area (Å²) in [7, 11) is 3.32. The van der Waals surface area contributed by atoms with Crippen molar-refractivity contribution in [3.05, 3.63) is 29.8 Å². The van der Waals surface area contributed by atoms with Crippen molar-refractivity contribution in [3.8, 4) is 11.8 Å². The molecule has 6 nitrogen and oxygen atoms in total. The van der Waals surface area contributed by atoms with E-state index in [9.17, 15) is 9.90 Å². The first-order valence-corrected chi connectivity index (χ1v) is 6.25. The van der Waals surface area contributed by atoms with Crippen LogP contribution in [0.25, 0.3) is 0 Å². The van der Waals surface area contributed by atoms with Crippen LogP contribution in [0.4, 0.5) is 0 Å². The predicted molar refractivity (Wildman–Crippen MR) is 74.2 cm³/mol. The van der Waals surface area contributed by atoms with E-state index in [1.54, 1.807) is 43.3 Å². The summed E-state index contributed by atoms with van der Waals surface area (Å²) < 4.78 is 5.41. The molecule has 1 unspecified atom stereocenters. The number of nitriles is 1. The zero-order chi connectivity index (χ0) is 15.0. The molecule has 0 fully saturated rings. The van der Waals surface area contributed by atoms with Crippen molar-refractivity contribution in [1.82, 2.24) is 10.2 Å². The van der Waals surface area contributed by atoms with Gasteiger partial charge in [0.25, 0.3) is 0 Å². The highest BCUT2D eigenvalue weighted by atomic mass is 16.5. The van der Waals surface area contributed by atoms with Gasteiger partial charge in [-0.25, -0.2) is 0 Å². The minimum absolute atomic E-state index is 0.104. The van der Waals surface area contributed by atoms with Crippen molar-refractivity contribution in [2.45, 2.75) is 6.10 Å². The van der Waals surface area contributed by atoms with E-state index in [-0.39, 0.29) is 19.1 Å². The molecule has 0 heterocycles. The van der Waals surface area contributed by atoms with Gasteiger partial charge in [0.05, 0.1) is 18.2 Å². The normalized spacial score (nSPS) is 11.8. The summed E-state index contributed by atoms with van der Waals surface area (Å²) in [6, 6.07) is 8.68. The molecule has 0 saturated heterocycles. The SMILES string of the molecule is CNC(=O)CN(C)CC(O)COc1ccc(C#N)cc1. The number of amides is 1. The molecular formula is C14H19N3O3. The lowest BCUT2D eigenvalue weighted by Crippen LogP contribution is -2.39. The number of nitrogens with zero attached hydrogens (tertiary/aromatic N) is 2. The fraction of sp³-hybridized carbons (Fsp3) is 0.429. The van der Waals surface area contributed by atoms with Gasteiger partial charge in [0, 0.05) is 13.6 Å². The molecule has 6 heteroatoms. The van der Waals surface area contributed by atoms with Crippen LogP contribution >= 0.6 is 0 Å². The van der Waals surface area contributed by atoms with Crippen LogP contribution in [-0.2, 0) is 4.79 Å². The van der Waals surface area contributed by atoms with Crippen molar-refractivity contribution in [2.24, 2.45) is 0 Å². The number of aliphatic hydroxyl groups is 1. The van der Waals surface area contributed by atoms with Crippen molar-refractivity contribution < 1.29 is 14.6 Å².